The van der Waals surface area contributed by atoms with Crippen LogP contribution in [0.2, 0.25) is 0 Å². The monoisotopic (exact) mass is 360 g/mol. The summed E-state index contributed by atoms with van der Waals surface area (Å²) in [5, 5.41) is 3.41. The summed E-state index contributed by atoms with van der Waals surface area (Å²) < 4.78 is 0. The Bertz CT molecular complexity index is 203. The summed E-state index contributed by atoms with van der Waals surface area (Å²) in [6.07, 6.45) is 0. The molecule has 0 atom stereocenters. The second-order valence-corrected chi connectivity index (χ2v) is 8.22. The lowest BCUT2D eigenvalue weighted by molar-refractivity contribution is 0.354. The largest absolute Gasteiger partial charge is 0.326 e. The van der Waals surface area contributed by atoms with E-state index in [-0.39, 0.29) is 23.5 Å². The molecule has 4 nitrogen and oxygen atoms in total. The van der Waals surface area contributed by atoms with Crippen LogP contribution in [0.1, 0.15) is 41.5 Å². The van der Waals surface area contributed by atoms with Gasteiger partial charge in [-0.2, -0.15) is 0 Å². The second kappa shape index (κ2) is 16.3. The van der Waals surface area contributed by atoms with E-state index in [1.165, 1.54) is 0 Å². The fourth-order valence-corrected chi connectivity index (χ4v) is 1.16. The van der Waals surface area contributed by atoms with Gasteiger partial charge in [-0.15, -0.1) is 24.0 Å². The van der Waals surface area contributed by atoms with Crippen LogP contribution < -0.4 is 11.1 Å². The van der Waals surface area contributed by atoms with Gasteiger partial charge in [0.15, 0.2) is 0 Å². The molecule has 0 aliphatic carbocycles. The van der Waals surface area contributed by atoms with Gasteiger partial charge in [-0.1, -0.05) is 0 Å². The van der Waals surface area contributed by atoms with Gasteiger partial charge in [0.05, 0.1) is 0 Å². The lowest BCUT2D eigenvalue weighted by Crippen LogP contribution is -2.39. The van der Waals surface area contributed by atoms with E-state index in [1.807, 2.05) is 39.8 Å². The highest BCUT2D eigenvalue weighted by molar-refractivity contribution is 6.18. The minimum atomic E-state index is 0. The van der Waals surface area contributed by atoms with Gasteiger partial charge in [-0.05, 0) is 69.7 Å². The van der Waals surface area contributed by atoms with E-state index in [2.05, 4.69) is 45.1 Å². The van der Waals surface area contributed by atoms with Gasteiger partial charge in [-0.25, -0.2) is 0 Å². The molecule has 0 heterocycles. The van der Waals surface area contributed by atoms with Gasteiger partial charge < -0.3 is 20.9 Å². The minimum absolute atomic E-state index is 0. The Hall–Kier alpha value is 0.420. The Morgan fingerprint density at radius 2 is 1.18 bits per heavy atom. The molecule has 0 rings (SSSR count). The zero-order valence-corrected chi connectivity index (χ0v) is 18.2. The van der Waals surface area contributed by atoms with E-state index in [9.17, 15) is 0 Å². The van der Waals surface area contributed by atoms with Crippen molar-refractivity contribution in [1.82, 2.24) is 15.1 Å². The third-order valence-electron chi connectivity index (χ3n) is 1.75. The lowest BCUT2D eigenvalue weighted by atomic mass is 10.1. The average Bonchev–Trinajstić information content (AvgIpc) is 2.12. The van der Waals surface area contributed by atoms with Crippen molar-refractivity contribution in [3.05, 3.63) is 0 Å². The first-order valence-electron chi connectivity index (χ1n) is 7.58. The van der Waals surface area contributed by atoms with Gasteiger partial charge in [0.25, 0.3) is 0 Å². The summed E-state index contributed by atoms with van der Waals surface area (Å²) in [4.78, 5) is 4.23. The van der Waals surface area contributed by atoms with Crippen molar-refractivity contribution in [3.8, 4) is 0 Å². The number of hydrogen-bond donors (Lipinski definition) is 2. The Morgan fingerprint density at radius 3 is 1.32 bits per heavy atom. The molecule has 0 aliphatic rings. The van der Waals surface area contributed by atoms with E-state index in [0.29, 0.717) is 0 Å². The smallest absolute Gasteiger partial charge is 0.0350 e. The van der Waals surface area contributed by atoms with Crippen molar-refractivity contribution in [2.45, 2.75) is 52.6 Å². The summed E-state index contributed by atoms with van der Waals surface area (Å²) >= 11 is 5.35. The number of rotatable bonds is 5. The highest BCUT2D eigenvalue weighted by Gasteiger charge is 2.06. The van der Waals surface area contributed by atoms with Crippen molar-refractivity contribution in [1.29, 1.82) is 0 Å². The molecule has 0 aliphatic heterocycles. The molecular weight excluding hydrogens is 319 g/mol. The molecule has 0 aromatic heterocycles. The van der Waals surface area contributed by atoms with E-state index in [1.54, 1.807) is 0 Å². The first-order valence-corrected chi connectivity index (χ1v) is 8.12. The van der Waals surface area contributed by atoms with Crippen molar-refractivity contribution >= 4 is 24.0 Å². The number of nitrogens with zero attached hydrogens (tertiary/aromatic N) is 2. The first-order chi connectivity index (χ1) is 9.19. The third kappa shape index (κ3) is 70.9. The number of nitrogens with one attached hydrogen (secondary N) is 1. The van der Waals surface area contributed by atoms with Crippen LogP contribution in [0.5, 0.6) is 0 Å². The number of nitrogens with two attached hydrogens (primary N) is 1. The summed E-state index contributed by atoms with van der Waals surface area (Å²) in [7, 11) is 8.18. The number of halogens is 2. The normalized spacial score (nSPS) is 11.2. The van der Waals surface area contributed by atoms with Crippen LogP contribution in [-0.2, 0) is 0 Å². The van der Waals surface area contributed by atoms with Gasteiger partial charge >= 0.3 is 0 Å². The Morgan fingerprint density at radius 1 is 0.864 bits per heavy atom. The Kier molecular flexibility index (Phi) is 22.4. The van der Waals surface area contributed by atoms with E-state index < -0.39 is 0 Å². The van der Waals surface area contributed by atoms with Crippen LogP contribution in [0.4, 0.5) is 0 Å². The zero-order chi connectivity index (χ0) is 17.7. The molecule has 0 spiro atoms. The maximum absolute atomic E-state index is 5.35. The minimum Gasteiger partial charge on any atom is -0.326 e. The van der Waals surface area contributed by atoms with Crippen LogP contribution >= 0.6 is 24.0 Å². The first kappa shape index (κ1) is 30.3. The van der Waals surface area contributed by atoms with Gasteiger partial charge in [-0.3, -0.25) is 0 Å². The Labute approximate surface area is 151 Å². The number of alkyl halides is 1. The zero-order valence-electron chi connectivity index (χ0n) is 16.6. The van der Waals surface area contributed by atoms with E-state index >= 15 is 0 Å². The third-order valence-corrected chi connectivity index (χ3v) is 1.92. The predicted molar refractivity (Wildman–Crippen MR) is 107 cm³/mol. The van der Waals surface area contributed by atoms with Crippen molar-refractivity contribution < 1.29 is 0 Å². The standard InChI is InChI=1S/C8H20N2.C4H10ClN.C4H11N.ClH/c1-8(2,3)9-6-7-10(4)5;1-6(2)4-3-5;1-4(2,3)5;/h9H,6-7H2,1-5H3;3-4H2,1-2H3;5H2,1-3H3;1H. The highest BCUT2D eigenvalue weighted by atomic mass is 35.5. The molecule has 0 bridgehead atoms. The molecular formula is C16H42Cl2N4. The van der Waals surface area contributed by atoms with E-state index in [4.69, 9.17) is 17.3 Å². The lowest BCUT2D eigenvalue weighted by Gasteiger charge is -2.21. The quantitative estimate of drug-likeness (QED) is 0.739. The average molecular weight is 361 g/mol. The summed E-state index contributed by atoms with van der Waals surface area (Å²) in [5.74, 6) is 0.729. The number of hydrogen-bond acceptors (Lipinski definition) is 4. The predicted octanol–water partition coefficient (Wildman–Crippen LogP) is 2.89. The van der Waals surface area contributed by atoms with Crippen LogP contribution in [0, 0.1) is 0 Å². The van der Waals surface area contributed by atoms with Crippen LogP contribution in [0.15, 0.2) is 0 Å². The van der Waals surface area contributed by atoms with Crippen LogP contribution in [-0.4, -0.2) is 74.6 Å². The molecule has 140 valence electrons. The maximum Gasteiger partial charge on any atom is 0.0350 e. The van der Waals surface area contributed by atoms with Crippen LogP contribution in [0.3, 0.4) is 0 Å². The van der Waals surface area contributed by atoms with Crippen molar-refractivity contribution in [3.63, 3.8) is 0 Å². The summed E-state index contributed by atoms with van der Waals surface area (Å²) in [6, 6.07) is 0. The molecule has 0 radical (unpaired) electrons. The molecule has 6 heteroatoms. The van der Waals surface area contributed by atoms with Crippen molar-refractivity contribution in [2.24, 2.45) is 5.73 Å². The summed E-state index contributed by atoms with van der Waals surface area (Å²) in [5.41, 5.74) is 5.61. The molecule has 0 aromatic rings. The SMILES string of the molecule is CC(C)(C)N.CN(C)CCCl.CN(C)CCNC(C)(C)C.Cl. The van der Waals surface area contributed by atoms with Gasteiger partial charge in [0.1, 0.15) is 0 Å². The topological polar surface area (TPSA) is 44.5 Å². The highest BCUT2D eigenvalue weighted by Crippen LogP contribution is 1.96. The molecule has 0 fully saturated rings. The molecule has 0 unspecified atom stereocenters. The van der Waals surface area contributed by atoms with Gasteiger partial charge in [0.2, 0.25) is 0 Å². The van der Waals surface area contributed by atoms with Crippen molar-refractivity contribution in [2.75, 3.05) is 53.7 Å². The van der Waals surface area contributed by atoms with Crippen LogP contribution in [0.25, 0.3) is 0 Å². The second-order valence-electron chi connectivity index (χ2n) is 7.84. The molecule has 0 aromatic carbocycles. The molecule has 0 saturated heterocycles. The summed E-state index contributed by atoms with van der Waals surface area (Å²) in [6.45, 7) is 15.6. The molecule has 0 amide bonds. The Balaban J connectivity index is -0.000000117. The number of likely N-dealkylation sites (N-methyl/N-ethyl adjacent to an activating group) is 1. The van der Waals surface area contributed by atoms with E-state index in [0.717, 1.165) is 25.5 Å². The van der Waals surface area contributed by atoms with Gasteiger partial charge in [0, 0.05) is 36.6 Å². The fraction of sp³-hybridized carbons (Fsp3) is 1.00. The maximum atomic E-state index is 5.35. The molecule has 3 N–H and O–H groups in total. The molecule has 22 heavy (non-hydrogen) atoms. The fourth-order valence-electron chi connectivity index (χ4n) is 0.824. The molecule has 0 saturated carbocycles.